The summed E-state index contributed by atoms with van der Waals surface area (Å²) in [7, 11) is 0. The van der Waals surface area contributed by atoms with Crippen LogP contribution in [0.25, 0.3) is 0 Å². The van der Waals surface area contributed by atoms with Crippen molar-refractivity contribution in [2.75, 3.05) is 19.6 Å². The van der Waals surface area contributed by atoms with Crippen LogP contribution in [0.2, 0.25) is 0 Å². The number of rotatable bonds is 9. The Kier molecular flexibility index (Phi) is 6.85. The number of carbonyl (C=O) groups excluding carboxylic acids is 1. The molecule has 0 aliphatic rings. The lowest BCUT2D eigenvalue weighted by Crippen LogP contribution is -2.27. The van der Waals surface area contributed by atoms with Crippen LogP contribution < -0.4 is 0 Å². The summed E-state index contributed by atoms with van der Waals surface area (Å²) in [5.74, 6) is 0.238. The van der Waals surface area contributed by atoms with Gasteiger partial charge in [0, 0.05) is 18.5 Å². The quantitative estimate of drug-likeness (QED) is 0.646. The van der Waals surface area contributed by atoms with Crippen molar-refractivity contribution in [3.63, 3.8) is 0 Å². The molecule has 0 spiro atoms. The molecule has 0 unspecified atom stereocenters. The van der Waals surface area contributed by atoms with Gasteiger partial charge >= 0.3 is 0 Å². The van der Waals surface area contributed by atoms with Crippen LogP contribution in [0.3, 0.4) is 0 Å². The van der Waals surface area contributed by atoms with E-state index in [1.54, 1.807) is 0 Å². The van der Waals surface area contributed by atoms with Gasteiger partial charge < -0.3 is 4.90 Å². The van der Waals surface area contributed by atoms with Crippen molar-refractivity contribution >= 4 is 5.78 Å². The van der Waals surface area contributed by atoms with E-state index in [1.807, 2.05) is 30.3 Å². The topological polar surface area (TPSA) is 20.3 Å². The summed E-state index contributed by atoms with van der Waals surface area (Å²) in [6.45, 7) is 5.05. The minimum atomic E-state index is 0.238. The molecule has 2 nitrogen and oxygen atoms in total. The van der Waals surface area contributed by atoms with Gasteiger partial charge in [-0.1, -0.05) is 67.6 Å². The van der Waals surface area contributed by atoms with Gasteiger partial charge in [-0.25, -0.2) is 0 Å². The van der Waals surface area contributed by atoms with E-state index in [9.17, 15) is 4.79 Å². The molecule has 0 aliphatic carbocycles. The van der Waals surface area contributed by atoms with E-state index in [0.29, 0.717) is 6.42 Å². The van der Waals surface area contributed by atoms with Gasteiger partial charge in [0.2, 0.25) is 0 Å². The SMILES string of the molecule is CCN(CCCc1ccccc1)CCC(=O)c1ccccc1. The van der Waals surface area contributed by atoms with Crippen LogP contribution in [0.4, 0.5) is 0 Å². The van der Waals surface area contributed by atoms with Gasteiger partial charge in [-0.3, -0.25) is 4.79 Å². The lowest BCUT2D eigenvalue weighted by Gasteiger charge is -2.19. The Hall–Kier alpha value is -1.93. The third-order valence-corrected chi connectivity index (χ3v) is 3.98. The Morgan fingerprint density at radius 1 is 0.909 bits per heavy atom. The smallest absolute Gasteiger partial charge is 0.164 e. The first-order chi connectivity index (χ1) is 10.8. The average molecular weight is 295 g/mol. The minimum absolute atomic E-state index is 0.238. The molecular formula is C20H25NO. The molecule has 2 aromatic carbocycles. The second-order valence-corrected chi connectivity index (χ2v) is 5.56. The molecule has 22 heavy (non-hydrogen) atoms. The summed E-state index contributed by atoms with van der Waals surface area (Å²) in [6.07, 6.45) is 2.84. The van der Waals surface area contributed by atoms with Crippen molar-refractivity contribution in [3.05, 3.63) is 71.8 Å². The van der Waals surface area contributed by atoms with E-state index in [-0.39, 0.29) is 5.78 Å². The van der Waals surface area contributed by atoms with E-state index < -0.39 is 0 Å². The maximum atomic E-state index is 12.1. The molecule has 0 amide bonds. The maximum absolute atomic E-state index is 12.1. The Labute approximate surface area is 133 Å². The van der Waals surface area contributed by atoms with E-state index in [0.717, 1.165) is 38.0 Å². The molecule has 0 aromatic heterocycles. The average Bonchev–Trinajstić information content (AvgIpc) is 2.59. The van der Waals surface area contributed by atoms with Gasteiger partial charge in [-0.2, -0.15) is 0 Å². The van der Waals surface area contributed by atoms with Crippen LogP contribution in [0.15, 0.2) is 60.7 Å². The number of hydrogen-bond acceptors (Lipinski definition) is 2. The highest BCUT2D eigenvalue weighted by Crippen LogP contribution is 2.06. The Morgan fingerprint density at radius 2 is 1.55 bits per heavy atom. The second-order valence-electron chi connectivity index (χ2n) is 5.56. The normalized spacial score (nSPS) is 10.8. The highest BCUT2D eigenvalue weighted by atomic mass is 16.1. The Morgan fingerprint density at radius 3 is 2.18 bits per heavy atom. The zero-order valence-electron chi connectivity index (χ0n) is 13.4. The lowest BCUT2D eigenvalue weighted by atomic mass is 10.1. The maximum Gasteiger partial charge on any atom is 0.164 e. The number of benzene rings is 2. The first kappa shape index (κ1) is 16.4. The third kappa shape index (κ3) is 5.45. The number of Topliss-reactive ketones (excluding diaryl/α,β-unsaturated/α-hetero) is 1. The van der Waals surface area contributed by atoms with Crippen molar-refractivity contribution in [1.29, 1.82) is 0 Å². The number of hydrogen-bond donors (Lipinski definition) is 0. The van der Waals surface area contributed by atoms with E-state index >= 15 is 0 Å². The van der Waals surface area contributed by atoms with Crippen LogP contribution in [0.1, 0.15) is 35.7 Å². The van der Waals surface area contributed by atoms with Crippen LogP contribution in [-0.2, 0) is 6.42 Å². The first-order valence-corrected chi connectivity index (χ1v) is 8.14. The predicted octanol–water partition coefficient (Wildman–Crippen LogP) is 4.21. The molecule has 0 fully saturated rings. The summed E-state index contributed by atoms with van der Waals surface area (Å²) in [6, 6.07) is 20.2. The highest BCUT2D eigenvalue weighted by molar-refractivity contribution is 5.96. The van der Waals surface area contributed by atoms with Gasteiger partial charge in [-0.15, -0.1) is 0 Å². The summed E-state index contributed by atoms with van der Waals surface area (Å²) in [5, 5.41) is 0. The van der Waals surface area contributed by atoms with Crippen LogP contribution in [0.5, 0.6) is 0 Å². The molecular weight excluding hydrogens is 270 g/mol. The molecule has 0 atom stereocenters. The van der Waals surface area contributed by atoms with Gasteiger partial charge in [-0.05, 0) is 31.5 Å². The number of nitrogens with zero attached hydrogens (tertiary/aromatic N) is 1. The third-order valence-electron chi connectivity index (χ3n) is 3.98. The second kappa shape index (κ2) is 9.16. The summed E-state index contributed by atoms with van der Waals surface area (Å²) >= 11 is 0. The van der Waals surface area contributed by atoms with Crippen molar-refractivity contribution in [1.82, 2.24) is 4.90 Å². The fraction of sp³-hybridized carbons (Fsp3) is 0.350. The van der Waals surface area contributed by atoms with Crippen molar-refractivity contribution < 1.29 is 4.79 Å². The molecule has 0 bridgehead atoms. The lowest BCUT2D eigenvalue weighted by molar-refractivity contribution is 0.0965. The molecule has 0 aliphatic heterocycles. The summed E-state index contributed by atoms with van der Waals surface area (Å²) in [5.41, 5.74) is 2.21. The van der Waals surface area contributed by atoms with Crippen LogP contribution in [-0.4, -0.2) is 30.3 Å². The summed E-state index contributed by atoms with van der Waals surface area (Å²) in [4.78, 5) is 14.5. The van der Waals surface area contributed by atoms with Crippen molar-refractivity contribution in [3.8, 4) is 0 Å². The molecule has 0 heterocycles. The fourth-order valence-corrected chi connectivity index (χ4v) is 2.61. The van der Waals surface area contributed by atoms with Gasteiger partial charge in [0.1, 0.15) is 0 Å². The Bertz CT molecular complexity index is 550. The number of carbonyl (C=O) groups is 1. The molecule has 116 valence electrons. The molecule has 0 N–H and O–H groups in total. The molecule has 0 saturated carbocycles. The molecule has 2 aromatic rings. The largest absolute Gasteiger partial charge is 0.303 e. The first-order valence-electron chi connectivity index (χ1n) is 8.14. The van der Waals surface area contributed by atoms with E-state index in [4.69, 9.17) is 0 Å². The molecule has 0 radical (unpaired) electrons. The number of ketones is 1. The highest BCUT2D eigenvalue weighted by Gasteiger charge is 2.08. The van der Waals surface area contributed by atoms with Gasteiger partial charge in [0.25, 0.3) is 0 Å². The zero-order valence-corrected chi connectivity index (χ0v) is 13.4. The zero-order chi connectivity index (χ0) is 15.6. The molecule has 2 rings (SSSR count). The van der Waals surface area contributed by atoms with Gasteiger partial charge in [0.15, 0.2) is 5.78 Å². The van der Waals surface area contributed by atoms with Gasteiger partial charge in [0.05, 0.1) is 0 Å². The number of aryl methyl sites for hydroxylation is 1. The van der Waals surface area contributed by atoms with Crippen LogP contribution in [0, 0.1) is 0 Å². The standard InChI is InChI=1S/C20H25NO/c1-2-21(16-9-12-18-10-5-3-6-11-18)17-15-20(22)19-13-7-4-8-14-19/h3-8,10-11,13-14H,2,9,12,15-17H2,1H3. The Balaban J connectivity index is 1.72. The molecule has 2 heteroatoms. The minimum Gasteiger partial charge on any atom is -0.303 e. The fourth-order valence-electron chi connectivity index (χ4n) is 2.61. The summed E-state index contributed by atoms with van der Waals surface area (Å²) < 4.78 is 0. The molecule has 0 saturated heterocycles. The predicted molar refractivity (Wildman–Crippen MR) is 92.3 cm³/mol. The van der Waals surface area contributed by atoms with Crippen molar-refractivity contribution in [2.45, 2.75) is 26.2 Å². The van der Waals surface area contributed by atoms with Crippen molar-refractivity contribution in [2.24, 2.45) is 0 Å². The van der Waals surface area contributed by atoms with E-state index in [1.165, 1.54) is 5.56 Å². The van der Waals surface area contributed by atoms with E-state index in [2.05, 4.69) is 42.2 Å². The monoisotopic (exact) mass is 295 g/mol. The van der Waals surface area contributed by atoms with Crippen LogP contribution >= 0.6 is 0 Å².